The first-order chi connectivity index (χ1) is 11.9. The number of halogens is 2. The van der Waals surface area contributed by atoms with Crippen LogP contribution in [0, 0.1) is 5.82 Å². The molecule has 0 fully saturated rings. The Morgan fingerprint density at radius 3 is 2.84 bits per heavy atom. The van der Waals surface area contributed by atoms with Gasteiger partial charge in [-0.2, -0.15) is 5.10 Å². The van der Waals surface area contributed by atoms with Crippen LogP contribution in [0.4, 0.5) is 4.39 Å². The summed E-state index contributed by atoms with van der Waals surface area (Å²) in [6.07, 6.45) is 4.83. The van der Waals surface area contributed by atoms with Gasteiger partial charge in [0.25, 0.3) is 5.91 Å². The number of rotatable bonds is 5. The van der Waals surface area contributed by atoms with Crippen molar-refractivity contribution in [3.63, 3.8) is 0 Å². The highest BCUT2D eigenvalue weighted by atomic mass is 35.5. The van der Waals surface area contributed by atoms with E-state index >= 15 is 0 Å². The minimum atomic E-state index is -0.648. The van der Waals surface area contributed by atoms with Gasteiger partial charge >= 0.3 is 0 Å². The maximum atomic E-state index is 13.9. The molecule has 0 spiro atoms. The van der Waals surface area contributed by atoms with Crippen LogP contribution in [0.25, 0.3) is 5.65 Å². The Morgan fingerprint density at radius 1 is 1.32 bits per heavy atom. The van der Waals surface area contributed by atoms with E-state index in [0.717, 1.165) is 0 Å². The third-order valence-electron chi connectivity index (χ3n) is 3.49. The fraction of sp³-hybridized carbons (Fsp3) is 0.125. The maximum Gasteiger partial charge on any atom is 0.257 e. The Kier molecular flexibility index (Phi) is 4.62. The third kappa shape index (κ3) is 3.74. The van der Waals surface area contributed by atoms with Gasteiger partial charge in [0.1, 0.15) is 11.4 Å². The molecular formula is C16H13ClFN5O2. The van der Waals surface area contributed by atoms with Crippen molar-refractivity contribution < 1.29 is 14.0 Å². The average molecular weight is 362 g/mol. The second kappa shape index (κ2) is 6.86. The molecule has 1 aromatic carbocycles. The zero-order valence-electron chi connectivity index (χ0n) is 12.9. The van der Waals surface area contributed by atoms with E-state index in [1.165, 1.54) is 23.0 Å². The predicted molar refractivity (Wildman–Crippen MR) is 88.7 cm³/mol. The van der Waals surface area contributed by atoms with Gasteiger partial charge in [0.2, 0.25) is 5.91 Å². The van der Waals surface area contributed by atoms with Crippen molar-refractivity contribution in [2.75, 3.05) is 6.54 Å². The van der Waals surface area contributed by atoms with E-state index in [9.17, 15) is 14.0 Å². The summed E-state index contributed by atoms with van der Waals surface area (Å²) in [5.41, 5.74) is 6.71. The summed E-state index contributed by atoms with van der Waals surface area (Å²) in [6.45, 7) is -0.274. The highest BCUT2D eigenvalue weighted by Crippen LogP contribution is 2.18. The fourth-order valence-electron chi connectivity index (χ4n) is 2.31. The Hall–Kier alpha value is -3.00. The van der Waals surface area contributed by atoms with E-state index in [1.54, 1.807) is 18.3 Å². The standard InChI is InChI=1S/C16H13ClFN5O2/c17-11-2-1-10(13(18)4-11)3-9-5-20-15-12(6-22-23(15)8-9)16(25)21-7-14(19)24/h1-2,4-6,8H,3,7H2,(H2,19,24)(H,21,25). The molecule has 2 heterocycles. The summed E-state index contributed by atoms with van der Waals surface area (Å²) in [4.78, 5) is 26.9. The quantitative estimate of drug-likeness (QED) is 0.715. The maximum absolute atomic E-state index is 13.9. The van der Waals surface area contributed by atoms with Crippen molar-refractivity contribution >= 4 is 29.1 Å². The van der Waals surface area contributed by atoms with E-state index in [1.807, 2.05) is 0 Å². The summed E-state index contributed by atoms with van der Waals surface area (Å²) >= 11 is 5.74. The largest absolute Gasteiger partial charge is 0.368 e. The average Bonchev–Trinajstić information content (AvgIpc) is 2.98. The number of hydrogen-bond donors (Lipinski definition) is 2. The molecule has 7 nitrogen and oxygen atoms in total. The van der Waals surface area contributed by atoms with E-state index < -0.39 is 17.6 Å². The predicted octanol–water partition coefficient (Wildman–Crippen LogP) is 1.33. The Labute approximate surface area is 146 Å². The summed E-state index contributed by atoms with van der Waals surface area (Å²) in [5, 5.41) is 6.77. The minimum absolute atomic E-state index is 0.213. The van der Waals surface area contributed by atoms with Gasteiger partial charge in [0.15, 0.2) is 5.65 Å². The van der Waals surface area contributed by atoms with Crippen molar-refractivity contribution in [3.05, 3.63) is 64.3 Å². The number of carbonyl (C=O) groups is 2. The first-order valence-corrected chi connectivity index (χ1v) is 7.64. The van der Waals surface area contributed by atoms with Crippen LogP contribution in [0.1, 0.15) is 21.5 Å². The van der Waals surface area contributed by atoms with Crippen LogP contribution < -0.4 is 11.1 Å². The molecule has 0 aliphatic heterocycles. The second-order valence-corrected chi connectivity index (χ2v) is 5.79. The molecule has 0 bridgehead atoms. The van der Waals surface area contributed by atoms with Gasteiger partial charge in [-0.3, -0.25) is 9.59 Å². The fourth-order valence-corrected chi connectivity index (χ4v) is 2.47. The van der Waals surface area contributed by atoms with Crippen LogP contribution in [-0.4, -0.2) is 33.0 Å². The smallest absolute Gasteiger partial charge is 0.257 e. The highest BCUT2D eigenvalue weighted by molar-refractivity contribution is 6.30. The number of aromatic nitrogens is 3. The molecule has 3 aromatic rings. The highest BCUT2D eigenvalue weighted by Gasteiger charge is 2.15. The first-order valence-electron chi connectivity index (χ1n) is 7.26. The van der Waals surface area contributed by atoms with Crippen molar-refractivity contribution in [1.82, 2.24) is 19.9 Å². The summed E-state index contributed by atoms with van der Waals surface area (Å²) < 4.78 is 15.3. The van der Waals surface area contributed by atoms with Crippen LogP contribution in [0.2, 0.25) is 5.02 Å². The van der Waals surface area contributed by atoms with Gasteiger partial charge in [-0.1, -0.05) is 17.7 Å². The zero-order chi connectivity index (χ0) is 18.0. The summed E-state index contributed by atoms with van der Waals surface area (Å²) in [7, 11) is 0. The molecule has 0 aliphatic rings. The lowest BCUT2D eigenvalue weighted by Gasteiger charge is -2.05. The Morgan fingerprint density at radius 2 is 2.12 bits per heavy atom. The normalized spacial score (nSPS) is 10.8. The number of nitrogens with one attached hydrogen (secondary N) is 1. The van der Waals surface area contributed by atoms with Gasteiger partial charge in [-0.15, -0.1) is 0 Å². The van der Waals surface area contributed by atoms with Crippen molar-refractivity contribution in [2.45, 2.75) is 6.42 Å². The molecular weight excluding hydrogens is 349 g/mol. The summed E-state index contributed by atoms with van der Waals surface area (Å²) in [5.74, 6) is -1.55. The molecule has 3 rings (SSSR count). The molecule has 0 unspecified atom stereocenters. The number of nitrogens with two attached hydrogens (primary N) is 1. The topological polar surface area (TPSA) is 102 Å². The Bertz CT molecular complexity index is 972. The van der Waals surface area contributed by atoms with Crippen LogP contribution >= 0.6 is 11.6 Å². The van der Waals surface area contributed by atoms with Crippen LogP contribution in [0.5, 0.6) is 0 Å². The van der Waals surface area contributed by atoms with E-state index in [4.69, 9.17) is 17.3 Å². The van der Waals surface area contributed by atoms with Gasteiger partial charge in [0, 0.05) is 23.8 Å². The Balaban J connectivity index is 1.84. The molecule has 3 N–H and O–H groups in total. The van der Waals surface area contributed by atoms with E-state index in [2.05, 4.69) is 15.4 Å². The number of carbonyl (C=O) groups excluding carboxylic acids is 2. The molecule has 0 aliphatic carbocycles. The number of hydrogen-bond acceptors (Lipinski definition) is 4. The van der Waals surface area contributed by atoms with Gasteiger partial charge in [0.05, 0.1) is 12.7 Å². The van der Waals surface area contributed by atoms with Gasteiger partial charge in [-0.25, -0.2) is 13.9 Å². The molecule has 0 atom stereocenters. The molecule has 0 saturated heterocycles. The summed E-state index contributed by atoms with van der Waals surface area (Å²) in [6, 6.07) is 4.46. The lowest BCUT2D eigenvalue weighted by atomic mass is 10.1. The number of fused-ring (bicyclic) bond motifs is 1. The van der Waals surface area contributed by atoms with Gasteiger partial charge < -0.3 is 11.1 Å². The zero-order valence-corrected chi connectivity index (χ0v) is 13.6. The van der Waals surface area contributed by atoms with Crippen LogP contribution in [-0.2, 0) is 11.2 Å². The van der Waals surface area contributed by atoms with Crippen molar-refractivity contribution in [1.29, 1.82) is 0 Å². The molecule has 128 valence electrons. The molecule has 0 radical (unpaired) electrons. The van der Waals surface area contributed by atoms with Crippen molar-refractivity contribution in [3.8, 4) is 0 Å². The van der Waals surface area contributed by atoms with Crippen LogP contribution in [0.3, 0.4) is 0 Å². The number of benzene rings is 1. The lowest BCUT2D eigenvalue weighted by Crippen LogP contribution is -2.33. The van der Waals surface area contributed by atoms with Gasteiger partial charge in [-0.05, 0) is 23.3 Å². The lowest BCUT2D eigenvalue weighted by molar-refractivity contribution is -0.117. The van der Waals surface area contributed by atoms with E-state index in [-0.39, 0.29) is 12.1 Å². The minimum Gasteiger partial charge on any atom is -0.368 e. The molecule has 2 aromatic heterocycles. The molecule has 9 heteroatoms. The van der Waals surface area contributed by atoms with E-state index in [0.29, 0.717) is 28.2 Å². The molecule has 25 heavy (non-hydrogen) atoms. The third-order valence-corrected chi connectivity index (χ3v) is 3.72. The van der Waals surface area contributed by atoms with Crippen molar-refractivity contribution in [2.24, 2.45) is 5.73 Å². The molecule has 0 saturated carbocycles. The monoisotopic (exact) mass is 361 g/mol. The second-order valence-electron chi connectivity index (χ2n) is 5.35. The first kappa shape index (κ1) is 16.8. The SMILES string of the molecule is NC(=O)CNC(=O)c1cnn2cc(Cc3ccc(Cl)cc3F)cnc12. The number of primary amides is 1. The number of nitrogens with zero attached hydrogens (tertiary/aromatic N) is 3. The number of amides is 2. The molecule has 2 amide bonds. The van der Waals surface area contributed by atoms with Crippen LogP contribution in [0.15, 0.2) is 36.8 Å².